The minimum Gasteiger partial charge on any atom is -0.383 e. The minimum atomic E-state index is 0.547. The Morgan fingerprint density at radius 1 is 1.24 bits per heavy atom. The minimum absolute atomic E-state index is 0.547. The molecule has 3 nitrogen and oxygen atoms in total. The molecule has 0 saturated heterocycles. The third-order valence-electron chi connectivity index (χ3n) is 2.73. The number of fused-ring (bicyclic) bond motifs is 1. The highest BCUT2D eigenvalue weighted by atomic mass is 32.1. The van der Waals surface area contributed by atoms with Crippen LogP contribution >= 0.6 is 11.3 Å². The third kappa shape index (κ3) is 1.66. The summed E-state index contributed by atoms with van der Waals surface area (Å²) in [5.41, 5.74) is 7.79. The Hall–Kier alpha value is -1.94. The number of rotatable bonds is 1. The molecule has 3 rings (SSSR count). The summed E-state index contributed by atoms with van der Waals surface area (Å²) in [5, 5.41) is 3.26. The molecule has 0 aliphatic heterocycles. The molecule has 84 valence electrons. The first-order chi connectivity index (χ1) is 8.25. The summed E-state index contributed by atoms with van der Waals surface area (Å²) in [7, 11) is 0. The van der Waals surface area contributed by atoms with Gasteiger partial charge in [-0.05, 0) is 13.0 Å². The van der Waals surface area contributed by atoms with Crippen LogP contribution in [0.1, 0.15) is 5.56 Å². The van der Waals surface area contributed by atoms with Gasteiger partial charge in [-0.15, -0.1) is 11.3 Å². The van der Waals surface area contributed by atoms with E-state index >= 15 is 0 Å². The lowest BCUT2D eigenvalue weighted by molar-refractivity contribution is 1.15. The van der Waals surface area contributed by atoms with Crippen LogP contribution in [0.15, 0.2) is 35.8 Å². The Labute approximate surface area is 103 Å². The SMILES string of the molecule is Cc1cnc(-c2csc3ccccc23)nc1N. The molecule has 0 radical (unpaired) electrons. The first-order valence-corrected chi connectivity index (χ1v) is 6.19. The average molecular weight is 241 g/mol. The molecule has 2 N–H and O–H groups in total. The number of aromatic nitrogens is 2. The molecule has 0 amide bonds. The molecule has 0 unspecified atom stereocenters. The Kier molecular flexibility index (Phi) is 2.30. The zero-order valence-corrected chi connectivity index (χ0v) is 10.2. The normalized spacial score (nSPS) is 10.9. The molecule has 4 heteroatoms. The van der Waals surface area contributed by atoms with Crippen LogP contribution < -0.4 is 5.73 Å². The van der Waals surface area contributed by atoms with E-state index in [1.54, 1.807) is 17.5 Å². The van der Waals surface area contributed by atoms with Crippen molar-refractivity contribution >= 4 is 27.2 Å². The van der Waals surface area contributed by atoms with Crippen molar-refractivity contribution in [2.24, 2.45) is 0 Å². The number of anilines is 1. The van der Waals surface area contributed by atoms with Gasteiger partial charge in [-0.25, -0.2) is 9.97 Å². The topological polar surface area (TPSA) is 51.8 Å². The number of benzene rings is 1. The molecule has 0 atom stereocenters. The van der Waals surface area contributed by atoms with Gasteiger partial charge in [0, 0.05) is 32.8 Å². The molecular formula is C13H11N3S. The lowest BCUT2D eigenvalue weighted by Crippen LogP contribution is -1.97. The number of hydrogen-bond acceptors (Lipinski definition) is 4. The smallest absolute Gasteiger partial charge is 0.162 e. The molecular weight excluding hydrogens is 230 g/mol. The molecule has 0 aliphatic rings. The largest absolute Gasteiger partial charge is 0.383 e. The van der Waals surface area contributed by atoms with E-state index < -0.39 is 0 Å². The standard InChI is InChI=1S/C13H11N3S/c1-8-6-15-13(16-12(8)14)10-7-17-11-5-3-2-4-9(10)11/h2-7H,1H3,(H2,14,15,16). The Morgan fingerprint density at radius 3 is 2.88 bits per heavy atom. The van der Waals surface area contributed by atoms with E-state index in [1.165, 1.54) is 10.1 Å². The lowest BCUT2D eigenvalue weighted by atomic mass is 10.1. The third-order valence-corrected chi connectivity index (χ3v) is 3.70. The molecule has 3 aromatic rings. The maximum Gasteiger partial charge on any atom is 0.162 e. The zero-order chi connectivity index (χ0) is 11.8. The molecule has 0 fully saturated rings. The highest BCUT2D eigenvalue weighted by molar-refractivity contribution is 7.17. The summed E-state index contributed by atoms with van der Waals surface area (Å²) in [5.74, 6) is 1.25. The summed E-state index contributed by atoms with van der Waals surface area (Å²) in [6.45, 7) is 1.91. The second kappa shape index (κ2) is 3.82. The van der Waals surface area contributed by atoms with Crippen molar-refractivity contribution in [1.82, 2.24) is 9.97 Å². The number of aryl methyl sites for hydroxylation is 1. The van der Waals surface area contributed by atoms with Gasteiger partial charge in [0.15, 0.2) is 5.82 Å². The average Bonchev–Trinajstić information content (AvgIpc) is 2.76. The van der Waals surface area contributed by atoms with Crippen molar-refractivity contribution in [3.05, 3.63) is 41.4 Å². The van der Waals surface area contributed by atoms with Crippen LogP contribution in [0.25, 0.3) is 21.5 Å². The summed E-state index contributed by atoms with van der Waals surface area (Å²) in [6.07, 6.45) is 1.77. The first kappa shape index (κ1) is 10.2. The quantitative estimate of drug-likeness (QED) is 0.711. The van der Waals surface area contributed by atoms with E-state index in [-0.39, 0.29) is 0 Å². The van der Waals surface area contributed by atoms with E-state index in [4.69, 9.17) is 5.73 Å². The highest BCUT2D eigenvalue weighted by Crippen LogP contribution is 2.32. The van der Waals surface area contributed by atoms with E-state index in [0.29, 0.717) is 11.6 Å². The molecule has 2 aromatic heterocycles. The number of nitrogens with zero attached hydrogens (tertiary/aromatic N) is 2. The molecule has 0 aliphatic carbocycles. The molecule has 0 saturated carbocycles. The predicted molar refractivity (Wildman–Crippen MR) is 72.0 cm³/mol. The predicted octanol–water partition coefficient (Wildman–Crippen LogP) is 3.25. The fraction of sp³-hybridized carbons (Fsp3) is 0.0769. The van der Waals surface area contributed by atoms with Crippen LogP contribution in [0.2, 0.25) is 0 Å². The Morgan fingerprint density at radius 2 is 2.06 bits per heavy atom. The van der Waals surface area contributed by atoms with Crippen molar-refractivity contribution in [2.45, 2.75) is 6.92 Å². The fourth-order valence-corrected chi connectivity index (χ4v) is 2.68. The van der Waals surface area contributed by atoms with E-state index in [9.17, 15) is 0 Å². The fourth-order valence-electron chi connectivity index (χ4n) is 1.74. The monoisotopic (exact) mass is 241 g/mol. The van der Waals surface area contributed by atoms with Crippen LogP contribution in [0, 0.1) is 6.92 Å². The molecule has 2 heterocycles. The van der Waals surface area contributed by atoms with Gasteiger partial charge in [0.05, 0.1) is 0 Å². The number of thiophene rings is 1. The van der Waals surface area contributed by atoms with Gasteiger partial charge in [0.25, 0.3) is 0 Å². The maximum atomic E-state index is 5.82. The van der Waals surface area contributed by atoms with E-state index in [1.807, 2.05) is 19.1 Å². The Bertz CT molecular complexity index is 688. The van der Waals surface area contributed by atoms with E-state index in [2.05, 4.69) is 27.5 Å². The first-order valence-electron chi connectivity index (χ1n) is 5.31. The molecule has 0 spiro atoms. The lowest BCUT2D eigenvalue weighted by Gasteiger charge is -2.02. The summed E-state index contributed by atoms with van der Waals surface area (Å²) in [4.78, 5) is 8.69. The van der Waals surface area contributed by atoms with Crippen LogP contribution in [-0.2, 0) is 0 Å². The van der Waals surface area contributed by atoms with Crippen molar-refractivity contribution in [3.8, 4) is 11.4 Å². The van der Waals surface area contributed by atoms with Gasteiger partial charge in [0.2, 0.25) is 0 Å². The van der Waals surface area contributed by atoms with Gasteiger partial charge in [-0.2, -0.15) is 0 Å². The molecule has 0 bridgehead atoms. The number of hydrogen-bond donors (Lipinski definition) is 1. The van der Waals surface area contributed by atoms with Crippen LogP contribution in [-0.4, -0.2) is 9.97 Å². The van der Waals surface area contributed by atoms with Crippen LogP contribution in [0.3, 0.4) is 0 Å². The van der Waals surface area contributed by atoms with Gasteiger partial charge in [-0.3, -0.25) is 0 Å². The maximum absolute atomic E-state index is 5.82. The van der Waals surface area contributed by atoms with Gasteiger partial charge >= 0.3 is 0 Å². The van der Waals surface area contributed by atoms with Crippen molar-refractivity contribution < 1.29 is 0 Å². The molecule has 1 aromatic carbocycles. The Balaban J connectivity index is 2.24. The second-order valence-electron chi connectivity index (χ2n) is 3.91. The van der Waals surface area contributed by atoms with Gasteiger partial charge in [-0.1, -0.05) is 18.2 Å². The van der Waals surface area contributed by atoms with Crippen LogP contribution in [0.4, 0.5) is 5.82 Å². The van der Waals surface area contributed by atoms with E-state index in [0.717, 1.165) is 11.1 Å². The number of nitrogens with two attached hydrogens (primary N) is 1. The zero-order valence-electron chi connectivity index (χ0n) is 9.34. The summed E-state index contributed by atoms with van der Waals surface area (Å²) < 4.78 is 1.24. The van der Waals surface area contributed by atoms with Crippen LogP contribution in [0.5, 0.6) is 0 Å². The summed E-state index contributed by atoms with van der Waals surface area (Å²) >= 11 is 1.70. The highest BCUT2D eigenvalue weighted by Gasteiger charge is 2.09. The molecule has 17 heavy (non-hydrogen) atoms. The van der Waals surface area contributed by atoms with Gasteiger partial charge < -0.3 is 5.73 Å². The summed E-state index contributed by atoms with van der Waals surface area (Å²) in [6, 6.07) is 8.24. The van der Waals surface area contributed by atoms with Crippen molar-refractivity contribution in [1.29, 1.82) is 0 Å². The van der Waals surface area contributed by atoms with Crippen molar-refractivity contribution in [3.63, 3.8) is 0 Å². The van der Waals surface area contributed by atoms with Crippen molar-refractivity contribution in [2.75, 3.05) is 5.73 Å². The number of nitrogen functional groups attached to an aromatic ring is 1. The second-order valence-corrected chi connectivity index (χ2v) is 4.82. The van der Waals surface area contributed by atoms with Gasteiger partial charge in [0.1, 0.15) is 5.82 Å².